The van der Waals surface area contributed by atoms with E-state index in [1.807, 2.05) is 24.3 Å². The van der Waals surface area contributed by atoms with Crippen LogP contribution >= 0.6 is 11.6 Å². The highest BCUT2D eigenvalue weighted by molar-refractivity contribution is 6.30. The van der Waals surface area contributed by atoms with E-state index >= 15 is 0 Å². The normalized spacial score (nSPS) is 10.3. The maximum atomic E-state index is 11.0. The molecule has 0 spiro atoms. The minimum atomic E-state index is 0.456. The molecule has 0 bridgehead atoms. The van der Waals surface area contributed by atoms with Crippen molar-refractivity contribution < 1.29 is 14.3 Å². The summed E-state index contributed by atoms with van der Waals surface area (Å²) in [6, 6.07) is 12.6. The first-order chi connectivity index (χ1) is 9.72. The van der Waals surface area contributed by atoms with Gasteiger partial charge in [-0.2, -0.15) is 0 Å². The molecule has 0 aliphatic rings. The van der Waals surface area contributed by atoms with Crippen LogP contribution in [0.15, 0.2) is 42.5 Å². The average molecular weight is 291 g/mol. The van der Waals surface area contributed by atoms with Gasteiger partial charge in [0.1, 0.15) is 11.5 Å². The molecule has 0 saturated heterocycles. The molecule has 0 atom stereocenters. The second kappa shape index (κ2) is 7.08. The summed E-state index contributed by atoms with van der Waals surface area (Å²) in [5.74, 6) is 1.12. The van der Waals surface area contributed by atoms with Crippen molar-refractivity contribution in [1.29, 1.82) is 0 Å². The van der Waals surface area contributed by atoms with Gasteiger partial charge < -0.3 is 9.47 Å². The number of halogens is 1. The Labute approximate surface area is 123 Å². The zero-order valence-corrected chi connectivity index (χ0v) is 11.9. The molecular weight excluding hydrogens is 276 g/mol. The molecule has 4 heteroatoms. The third-order valence-corrected chi connectivity index (χ3v) is 3.08. The van der Waals surface area contributed by atoms with Gasteiger partial charge in [0, 0.05) is 18.2 Å². The highest BCUT2D eigenvalue weighted by Crippen LogP contribution is 2.27. The van der Waals surface area contributed by atoms with Crippen molar-refractivity contribution in [2.24, 2.45) is 0 Å². The molecule has 0 aliphatic carbocycles. The monoisotopic (exact) mass is 290 g/mol. The molecule has 2 aromatic carbocycles. The standard InChI is InChI=1S/C16H15ClO3/c1-19-9-8-12-2-6-15(7-3-12)20-16-10-14(17)5-4-13(16)11-18/h2-7,10-11H,8-9H2,1H3. The van der Waals surface area contributed by atoms with Crippen molar-refractivity contribution in [3.05, 3.63) is 58.6 Å². The first kappa shape index (κ1) is 14.6. The Bertz CT molecular complexity index is 579. The van der Waals surface area contributed by atoms with Gasteiger partial charge in [-0.15, -0.1) is 0 Å². The largest absolute Gasteiger partial charge is 0.457 e. The number of rotatable bonds is 6. The SMILES string of the molecule is COCCc1ccc(Oc2cc(Cl)ccc2C=O)cc1. The van der Waals surface area contributed by atoms with Gasteiger partial charge in [-0.1, -0.05) is 23.7 Å². The zero-order chi connectivity index (χ0) is 14.4. The molecule has 0 radical (unpaired) electrons. The Morgan fingerprint density at radius 3 is 2.55 bits per heavy atom. The number of ether oxygens (including phenoxy) is 2. The van der Waals surface area contributed by atoms with Crippen molar-refractivity contribution in [1.82, 2.24) is 0 Å². The Hall–Kier alpha value is -1.84. The Kier molecular flexibility index (Phi) is 5.16. The van der Waals surface area contributed by atoms with Gasteiger partial charge in [0.05, 0.1) is 12.2 Å². The highest BCUT2D eigenvalue weighted by atomic mass is 35.5. The molecule has 0 aliphatic heterocycles. The van der Waals surface area contributed by atoms with E-state index in [1.54, 1.807) is 25.3 Å². The average Bonchev–Trinajstić information content (AvgIpc) is 2.47. The topological polar surface area (TPSA) is 35.5 Å². The Morgan fingerprint density at radius 2 is 1.90 bits per heavy atom. The third kappa shape index (κ3) is 3.83. The van der Waals surface area contributed by atoms with E-state index in [9.17, 15) is 4.79 Å². The molecule has 2 rings (SSSR count). The van der Waals surface area contributed by atoms with Crippen LogP contribution in [0.5, 0.6) is 11.5 Å². The van der Waals surface area contributed by atoms with Gasteiger partial charge in [-0.05, 0) is 36.2 Å². The van der Waals surface area contributed by atoms with Gasteiger partial charge in [-0.3, -0.25) is 4.79 Å². The van der Waals surface area contributed by atoms with E-state index in [0.29, 0.717) is 28.7 Å². The van der Waals surface area contributed by atoms with E-state index < -0.39 is 0 Å². The number of carbonyl (C=O) groups is 1. The van der Waals surface area contributed by atoms with Crippen molar-refractivity contribution in [2.45, 2.75) is 6.42 Å². The lowest BCUT2D eigenvalue weighted by atomic mass is 10.1. The van der Waals surface area contributed by atoms with Gasteiger partial charge in [-0.25, -0.2) is 0 Å². The minimum absolute atomic E-state index is 0.456. The van der Waals surface area contributed by atoms with Crippen LogP contribution in [0, 0.1) is 0 Å². The van der Waals surface area contributed by atoms with Crippen molar-refractivity contribution in [3.63, 3.8) is 0 Å². The van der Waals surface area contributed by atoms with Crippen molar-refractivity contribution in [2.75, 3.05) is 13.7 Å². The predicted molar refractivity (Wildman–Crippen MR) is 78.9 cm³/mol. The summed E-state index contributed by atoms with van der Waals surface area (Å²) < 4.78 is 10.7. The molecule has 3 nitrogen and oxygen atoms in total. The summed E-state index contributed by atoms with van der Waals surface area (Å²) in [6.07, 6.45) is 1.60. The lowest BCUT2D eigenvalue weighted by Crippen LogP contribution is -1.94. The van der Waals surface area contributed by atoms with Crippen LogP contribution in [0.25, 0.3) is 0 Å². The van der Waals surface area contributed by atoms with E-state index in [1.165, 1.54) is 5.56 Å². The lowest BCUT2D eigenvalue weighted by Gasteiger charge is -2.09. The summed E-state index contributed by atoms with van der Waals surface area (Å²) in [7, 11) is 1.68. The summed E-state index contributed by atoms with van der Waals surface area (Å²) in [6.45, 7) is 0.684. The number of hydrogen-bond acceptors (Lipinski definition) is 3. The van der Waals surface area contributed by atoms with Crippen molar-refractivity contribution in [3.8, 4) is 11.5 Å². The number of benzene rings is 2. The van der Waals surface area contributed by atoms with Crippen LogP contribution in [-0.4, -0.2) is 20.0 Å². The van der Waals surface area contributed by atoms with Gasteiger partial charge in [0.2, 0.25) is 0 Å². The second-order valence-corrected chi connectivity index (χ2v) is 4.73. The maximum absolute atomic E-state index is 11.0. The van der Waals surface area contributed by atoms with E-state index in [0.717, 1.165) is 12.7 Å². The van der Waals surface area contributed by atoms with E-state index in [2.05, 4.69) is 0 Å². The molecule has 2 aromatic rings. The van der Waals surface area contributed by atoms with E-state index in [4.69, 9.17) is 21.1 Å². The quantitative estimate of drug-likeness (QED) is 0.750. The Balaban J connectivity index is 2.13. The molecule has 20 heavy (non-hydrogen) atoms. The number of methoxy groups -OCH3 is 1. The number of carbonyl (C=O) groups excluding carboxylic acids is 1. The van der Waals surface area contributed by atoms with E-state index in [-0.39, 0.29) is 0 Å². The highest BCUT2D eigenvalue weighted by Gasteiger charge is 2.05. The predicted octanol–water partition coefficient (Wildman–Crippen LogP) is 4.13. The minimum Gasteiger partial charge on any atom is -0.457 e. The molecule has 0 amide bonds. The molecule has 104 valence electrons. The Morgan fingerprint density at radius 1 is 1.15 bits per heavy atom. The summed E-state index contributed by atoms with van der Waals surface area (Å²) in [4.78, 5) is 11.0. The van der Waals surface area contributed by atoms with Crippen LogP contribution < -0.4 is 4.74 Å². The van der Waals surface area contributed by atoms with Crippen LogP contribution in [-0.2, 0) is 11.2 Å². The van der Waals surface area contributed by atoms with Crippen LogP contribution in [0.1, 0.15) is 15.9 Å². The molecule has 0 N–H and O–H groups in total. The molecule has 0 fully saturated rings. The van der Waals surface area contributed by atoms with Gasteiger partial charge >= 0.3 is 0 Å². The summed E-state index contributed by atoms with van der Waals surface area (Å²) in [5, 5.41) is 0.530. The lowest BCUT2D eigenvalue weighted by molar-refractivity contribution is 0.112. The van der Waals surface area contributed by atoms with Gasteiger partial charge in [0.15, 0.2) is 6.29 Å². The molecule has 0 unspecified atom stereocenters. The maximum Gasteiger partial charge on any atom is 0.153 e. The smallest absolute Gasteiger partial charge is 0.153 e. The van der Waals surface area contributed by atoms with Crippen LogP contribution in [0.2, 0.25) is 5.02 Å². The van der Waals surface area contributed by atoms with Crippen LogP contribution in [0.3, 0.4) is 0 Å². The van der Waals surface area contributed by atoms with Crippen LogP contribution in [0.4, 0.5) is 0 Å². The number of aldehydes is 1. The third-order valence-electron chi connectivity index (χ3n) is 2.85. The molecule has 0 heterocycles. The summed E-state index contributed by atoms with van der Waals surface area (Å²) in [5.41, 5.74) is 1.64. The first-order valence-corrected chi connectivity index (χ1v) is 6.61. The first-order valence-electron chi connectivity index (χ1n) is 6.23. The zero-order valence-electron chi connectivity index (χ0n) is 11.1. The van der Waals surface area contributed by atoms with Crippen molar-refractivity contribution >= 4 is 17.9 Å². The molecule has 0 aromatic heterocycles. The fraction of sp³-hybridized carbons (Fsp3) is 0.188. The second-order valence-electron chi connectivity index (χ2n) is 4.29. The fourth-order valence-electron chi connectivity index (χ4n) is 1.76. The van der Waals surface area contributed by atoms with Gasteiger partial charge in [0.25, 0.3) is 0 Å². The summed E-state index contributed by atoms with van der Waals surface area (Å²) >= 11 is 5.91. The molecular formula is C16H15ClO3. The fourth-order valence-corrected chi connectivity index (χ4v) is 1.93. The molecule has 0 saturated carbocycles. The number of hydrogen-bond donors (Lipinski definition) is 0.